The molecule has 114 valence electrons. The fourth-order valence-electron chi connectivity index (χ4n) is 2.55. The number of nitrogens with zero attached hydrogens (tertiary/aromatic N) is 1. The first-order valence-electron chi connectivity index (χ1n) is 7.05. The molecule has 0 unspecified atom stereocenters. The summed E-state index contributed by atoms with van der Waals surface area (Å²) >= 11 is 7.80. The number of β-amino-alcohol motifs (C(OH)–C–C–N with tert-alkyl or cyclic N) is 1. The van der Waals surface area contributed by atoms with Crippen molar-refractivity contribution in [3.63, 3.8) is 0 Å². The molecule has 5 heteroatoms. The second kappa shape index (κ2) is 6.73. The van der Waals surface area contributed by atoms with E-state index in [4.69, 9.17) is 11.6 Å². The number of halogens is 1. The monoisotopic (exact) mass is 333 g/mol. The van der Waals surface area contributed by atoms with Gasteiger partial charge in [-0.15, -0.1) is 11.8 Å². The first kappa shape index (κ1) is 15.4. The lowest BCUT2D eigenvalue weighted by molar-refractivity contribution is -0.129. The highest BCUT2D eigenvalue weighted by atomic mass is 35.5. The van der Waals surface area contributed by atoms with Crippen LogP contribution in [-0.4, -0.2) is 28.2 Å². The predicted molar refractivity (Wildman–Crippen MR) is 89.8 cm³/mol. The Labute approximate surface area is 138 Å². The summed E-state index contributed by atoms with van der Waals surface area (Å²) in [5.74, 6) is 0.446. The minimum atomic E-state index is -0.700. The Morgan fingerprint density at radius 2 is 1.86 bits per heavy atom. The van der Waals surface area contributed by atoms with Crippen LogP contribution in [0.15, 0.2) is 54.6 Å². The van der Waals surface area contributed by atoms with Crippen LogP contribution in [0.5, 0.6) is 0 Å². The number of rotatable bonds is 4. The molecule has 3 nitrogen and oxygen atoms in total. The molecule has 1 saturated heterocycles. The van der Waals surface area contributed by atoms with Crippen LogP contribution in [0.2, 0.25) is 5.02 Å². The first-order valence-corrected chi connectivity index (χ1v) is 8.48. The molecule has 0 bridgehead atoms. The van der Waals surface area contributed by atoms with Gasteiger partial charge in [0.25, 0.3) is 0 Å². The molecule has 1 amide bonds. The smallest absolute Gasteiger partial charge is 0.233 e. The number of benzene rings is 2. The molecule has 1 aliphatic rings. The van der Waals surface area contributed by atoms with E-state index in [-0.39, 0.29) is 17.8 Å². The Balaban J connectivity index is 1.81. The van der Waals surface area contributed by atoms with E-state index < -0.39 is 6.10 Å². The van der Waals surface area contributed by atoms with Gasteiger partial charge < -0.3 is 10.0 Å². The lowest BCUT2D eigenvalue weighted by atomic mass is 10.1. The van der Waals surface area contributed by atoms with Gasteiger partial charge in [0.2, 0.25) is 5.91 Å². The molecular weight excluding hydrogens is 318 g/mol. The van der Waals surface area contributed by atoms with Crippen LogP contribution in [-0.2, 0) is 4.79 Å². The van der Waals surface area contributed by atoms with E-state index in [1.54, 1.807) is 16.7 Å². The van der Waals surface area contributed by atoms with E-state index >= 15 is 0 Å². The Hall–Kier alpha value is -1.49. The van der Waals surface area contributed by atoms with Crippen molar-refractivity contribution in [2.24, 2.45) is 0 Å². The van der Waals surface area contributed by atoms with Gasteiger partial charge in [0.05, 0.1) is 18.4 Å². The van der Waals surface area contributed by atoms with Gasteiger partial charge in [-0.1, -0.05) is 60.1 Å². The van der Waals surface area contributed by atoms with E-state index in [2.05, 4.69) is 0 Å². The zero-order valence-corrected chi connectivity index (χ0v) is 13.4. The average molecular weight is 334 g/mol. The average Bonchev–Trinajstić information content (AvgIpc) is 2.90. The van der Waals surface area contributed by atoms with E-state index in [1.165, 1.54) is 0 Å². The third-order valence-electron chi connectivity index (χ3n) is 3.69. The second-order valence-electron chi connectivity index (χ2n) is 5.16. The zero-order chi connectivity index (χ0) is 15.5. The van der Waals surface area contributed by atoms with Crippen LogP contribution in [0.1, 0.15) is 22.6 Å². The van der Waals surface area contributed by atoms with Crippen molar-refractivity contribution in [2.45, 2.75) is 11.5 Å². The summed E-state index contributed by atoms with van der Waals surface area (Å²) in [5, 5.41) is 10.9. The van der Waals surface area contributed by atoms with E-state index in [9.17, 15) is 9.90 Å². The van der Waals surface area contributed by atoms with Crippen molar-refractivity contribution in [3.05, 3.63) is 70.7 Å². The van der Waals surface area contributed by atoms with Crippen molar-refractivity contribution >= 4 is 29.3 Å². The lowest BCUT2D eigenvalue weighted by Crippen LogP contribution is -2.32. The summed E-state index contributed by atoms with van der Waals surface area (Å²) in [5.41, 5.74) is 1.73. The van der Waals surface area contributed by atoms with Gasteiger partial charge in [0.1, 0.15) is 5.37 Å². The third kappa shape index (κ3) is 3.14. The molecule has 1 fully saturated rings. The molecule has 1 aliphatic heterocycles. The molecular formula is C17H16ClNO2S. The van der Waals surface area contributed by atoms with Crippen molar-refractivity contribution in [1.82, 2.24) is 4.90 Å². The topological polar surface area (TPSA) is 40.5 Å². The van der Waals surface area contributed by atoms with Gasteiger partial charge in [-0.3, -0.25) is 4.79 Å². The number of thioether (sulfide) groups is 1. The summed E-state index contributed by atoms with van der Waals surface area (Å²) < 4.78 is 0. The van der Waals surface area contributed by atoms with Crippen LogP contribution in [0.25, 0.3) is 0 Å². The highest BCUT2D eigenvalue weighted by molar-refractivity contribution is 8.00. The highest BCUT2D eigenvalue weighted by Gasteiger charge is 2.35. The summed E-state index contributed by atoms with van der Waals surface area (Å²) in [6.45, 7) is 0.270. The molecule has 0 aromatic heterocycles. The molecule has 3 rings (SSSR count). The summed E-state index contributed by atoms with van der Waals surface area (Å²) in [6.07, 6.45) is -0.700. The van der Waals surface area contributed by atoms with Gasteiger partial charge in [0.15, 0.2) is 0 Å². The van der Waals surface area contributed by atoms with Crippen molar-refractivity contribution in [3.8, 4) is 0 Å². The van der Waals surface area contributed by atoms with Crippen LogP contribution in [0.3, 0.4) is 0 Å². The summed E-state index contributed by atoms with van der Waals surface area (Å²) in [7, 11) is 0. The molecule has 2 atom stereocenters. The number of carbonyl (C=O) groups is 1. The maximum atomic E-state index is 12.2. The molecule has 0 aliphatic carbocycles. The number of carbonyl (C=O) groups excluding carboxylic acids is 1. The van der Waals surface area contributed by atoms with E-state index in [1.807, 2.05) is 54.6 Å². The van der Waals surface area contributed by atoms with E-state index in [0.717, 1.165) is 11.1 Å². The Kier molecular flexibility index (Phi) is 4.71. The largest absolute Gasteiger partial charge is 0.387 e. The molecule has 0 radical (unpaired) electrons. The molecule has 0 saturated carbocycles. The van der Waals surface area contributed by atoms with Gasteiger partial charge in [0, 0.05) is 10.6 Å². The fraction of sp³-hybridized carbons (Fsp3) is 0.235. The van der Waals surface area contributed by atoms with Crippen LogP contribution >= 0.6 is 23.4 Å². The predicted octanol–water partition coefficient (Wildman–Crippen LogP) is 3.65. The Morgan fingerprint density at radius 1 is 1.18 bits per heavy atom. The number of aliphatic hydroxyl groups is 1. The van der Waals surface area contributed by atoms with E-state index in [0.29, 0.717) is 10.8 Å². The zero-order valence-electron chi connectivity index (χ0n) is 11.9. The molecule has 0 spiro atoms. The SMILES string of the molecule is O=C1CS[C@H](c2ccccc2Cl)N1C[C@@H](O)c1ccccc1. The number of hydrogen-bond acceptors (Lipinski definition) is 3. The standard InChI is InChI=1S/C17H16ClNO2S/c18-14-9-5-4-8-13(14)17-19(16(21)11-22-17)10-15(20)12-6-2-1-3-7-12/h1-9,15,17,20H,10-11H2/t15-,17-/m1/s1. The van der Waals surface area contributed by atoms with Gasteiger partial charge in [-0.25, -0.2) is 0 Å². The minimum absolute atomic E-state index is 0.0323. The molecule has 2 aromatic rings. The normalized spacial score (nSPS) is 19.5. The summed E-state index contributed by atoms with van der Waals surface area (Å²) in [6, 6.07) is 16.9. The first-order chi connectivity index (χ1) is 10.7. The summed E-state index contributed by atoms with van der Waals surface area (Å²) in [4.78, 5) is 13.9. The van der Waals surface area contributed by atoms with Gasteiger partial charge in [-0.2, -0.15) is 0 Å². The van der Waals surface area contributed by atoms with Crippen LogP contribution in [0.4, 0.5) is 0 Å². The quantitative estimate of drug-likeness (QED) is 0.928. The molecule has 1 N–H and O–H groups in total. The second-order valence-corrected chi connectivity index (χ2v) is 6.63. The third-order valence-corrected chi connectivity index (χ3v) is 5.28. The fourth-order valence-corrected chi connectivity index (χ4v) is 4.09. The molecule has 2 aromatic carbocycles. The number of hydrogen-bond donors (Lipinski definition) is 1. The maximum absolute atomic E-state index is 12.2. The van der Waals surface area contributed by atoms with Crippen LogP contribution in [0, 0.1) is 0 Å². The van der Waals surface area contributed by atoms with Gasteiger partial charge in [-0.05, 0) is 11.6 Å². The van der Waals surface area contributed by atoms with Crippen LogP contribution < -0.4 is 0 Å². The van der Waals surface area contributed by atoms with Gasteiger partial charge >= 0.3 is 0 Å². The number of aliphatic hydroxyl groups excluding tert-OH is 1. The lowest BCUT2D eigenvalue weighted by Gasteiger charge is -2.27. The minimum Gasteiger partial charge on any atom is -0.387 e. The molecule has 22 heavy (non-hydrogen) atoms. The number of amides is 1. The van der Waals surface area contributed by atoms with Crippen molar-refractivity contribution in [2.75, 3.05) is 12.3 Å². The Bertz CT molecular complexity index is 665. The Morgan fingerprint density at radius 3 is 2.59 bits per heavy atom. The maximum Gasteiger partial charge on any atom is 0.233 e. The molecule has 1 heterocycles. The van der Waals surface area contributed by atoms with Crippen molar-refractivity contribution < 1.29 is 9.90 Å². The highest BCUT2D eigenvalue weighted by Crippen LogP contribution is 2.42. The van der Waals surface area contributed by atoms with Crippen molar-refractivity contribution in [1.29, 1.82) is 0 Å².